The van der Waals surface area contributed by atoms with Crippen LogP contribution in [0, 0.1) is 5.82 Å². The van der Waals surface area contributed by atoms with Crippen molar-refractivity contribution in [3.63, 3.8) is 0 Å². The fourth-order valence-electron chi connectivity index (χ4n) is 2.41. The first-order valence-corrected chi connectivity index (χ1v) is 6.98. The van der Waals surface area contributed by atoms with Gasteiger partial charge in [0.1, 0.15) is 11.6 Å². The molecule has 1 heterocycles. The predicted octanol–water partition coefficient (Wildman–Crippen LogP) is 3.45. The summed E-state index contributed by atoms with van der Waals surface area (Å²) in [5, 5.41) is 0.666. The summed E-state index contributed by atoms with van der Waals surface area (Å²) in [6, 6.07) is 11.2. The molecule has 0 radical (unpaired) electrons. The van der Waals surface area contributed by atoms with Crippen LogP contribution in [0.4, 0.5) is 10.1 Å². The molecule has 0 spiro atoms. The Morgan fingerprint density at radius 3 is 2.95 bits per heavy atom. The Morgan fingerprint density at radius 1 is 1.29 bits per heavy atom. The molecule has 5 heteroatoms. The van der Waals surface area contributed by atoms with E-state index in [0.717, 1.165) is 17.7 Å². The van der Waals surface area contributed by atoms with Gasteiger partial charge >= 0.3 is 0 Å². The molecule has 1 amide bonds. The number of hydrogen-bond acceptors (Lipinski definition) is 2. The summed E-state index contributed by atoms with van der Waals surface area (Å²) in [4.78, 5) is 13.9. The lowest BCUT2D eigenvalue weighted by molar-refractivity contribution is -0.120. The van der Waals surface area contributed by atoms with Gasteiger partial charge in [0, 0.05) is 23.3 Å². The highest BCUT2D eigenvalue weighted by atomic mass is 35.5. The van der Waals surface area contributed by atoms with Crippen LogP contribution in [0.25, 0.3) is 0 Å². The molecule has 0 aromatic heterocycles. The van der Waals surface area contributed by atoms with Gasteiger partial charge in [-0.2, -0.15) is 0 Å². The number of amides is 1. The van der Waals surface area contributed by atoms with Crippen molar-refractivity contribution in [2.45, 2.75) is 6.42 Å². The van der Waals surface area contributed by atoms with E-state index >= 15 is 0 Å². The summed E-state index contributed by atoms with van der Waals surface area (Å²) in [7, 11) is 0. The Labute approximate surface area is 126 Å². The standard InChI is InChI=1S/C16H13ClFNO2/c17-12-4-5-15-11(8-12)6-7-19(15)16(20)10-21-14-3-1-2-13(18)9-14/h1-5,8-9H,6-7,10H2. The zero-order chi connectivity index (χ0) is 14.8. The maximum Gasteiger partial charge on any atom is 0.264 e. The molecule has 0 N–H and O–H groups in total. The van der Waals surface area contributed by atoms with E-state index in [1.165, 1.54) is 12.1 Å². The highest BCUT2D eigenvalue weighted by molar-refractivity contribution is 6.30. The van der Waals surface area contributed by atoms with Gasteiger partial charge in [-0.3, -0.25) is 4.79 Å². The topological polar surface area (TPSA) is 29.5 Å². The number of carbonyl (C=O) groups is 1. The quantitative estimate of drug-likeness (QED) is 0.869. The molecule has 2 aromatic rings. The van der Waals surface area contributed by atoms with Crippen LogP contribution < -0.4 is 9.64 Å². The number of benzene rings is 2. The molecule has 0 unspecified atom stereocenters. The number of carbonyl (C=O) groups excluding carboxylic acids is 1. The van der Waals surface area contributed by atoms with E-state index in [0.29, 0.717) is 17.3 Å². The minimum Gasteiger partial charge on any atom is -0.484 e. The maximum absolute atomic E-state index is 13.0. The van der Waals surface area contributed by atoms with Crippen molar-refractivity contribution in [1.29, 1.82) is 0 Å². The third kappa shape index (κ3) is 3.00. The third-order valence-electron chi connectivity index (χ3n) is 3.40. The van der Waals surface area contributed by atoms with Gasteiger partial charge < -0.3 is 9.64 Å². The molecule has 0 saturated carbocycles. The van der Waals surface area contributed by atoms with E-state index in [-0.39, 0.29) is 18.3 Å². The minimum absolute atomic E-state index is 0.120. The molecule has 0 fully saturated rings. The molecule has 1 aliphatic rings. The van der Waals surface area contributed by atoms with Gasteiger partial charge in [-0.05, 0) is 42.3 Å². The van der Waals surface area contributed by atoms with E-state index in [9.17, 15) is 9.18 Å². The van der Waals surface area contributed by atoms with Crippen molar-refractivity contribution in [2.24, 2.45) is 0 Å². The zero-order valence-corrected chi connectivity index (χ0v) is 11.9. The number of hydrogen-bond donors (Lipinski definition) is 0. The second-order valence-corrected chi connectivity index (χ2v) is 5.25. The molecule has 108 valence electrons. The zero-order valence-electron chi connectivity index (χ0n) is 11.2. The fraction of sp³-hybridized carbons (Fsp3) is 0.188. The van der Waals surface area contributed by atoms with Crippen molar-refractivity contribution < 1.29 is 13.9 Å². The lowest BCUT2D eigenvalue weighted by Gasteiger charge is -2.17. The first kappa shape index (κ1) is 13.9. The van der Waals surface area contributed by atoms with Gasteiger partial charge in [0.2, 0.25) is 0 Å². The van der Waals surface area contributed by atoms with Crippen molar-refractivity contribution in [1.82, 2.24) is 0 Å². The Bertz CT molecular complexity index is 690. The van der Waals surface area contributed by atoms with Gasteiger partial charge in [0.25, 0.3) is 5.91 Å². The predicted molar refractivity (Wildman–Crippen MR) is 79.4 cm³/mol. The second kappa shape index (κ2) is 5.74. The normalized spacial score (nSPS) is 13.1. The van der Waals surface area contributed by atoms with Crippen LogP contribution in [0.5, 0.6) is 5.75 Å². The summed E-state index contributed by atoms with van der Waals surface area (Å²) >= 11 is 5.94. The fourth-order valence-corrected chi connectivity index (χ4v) is 2.60. The van der Waals surface area contributed by atoms with E-state index in [4.69, 9.17) is 16.3 Å². The average molecular weight is 306 g/mol. The molecule has 0 saturated heterocycles. The number of ether oxygens (including phenoxy) is 1. The van der Waals surface area contributed by atoms with Crippen LogP contribution in [0.1, 0.15) is 5.56 Å². The molecular formula is C16H13ClFNO2. The Morgan fingerprint density at radius 2 is 2.14 bits per heavy atom. The summed E-state index contributed by atoms with van der Waals surface area (Å²) < 4.78 is 18.4. The van der Waals surface area contributed by atoms with Crippen LogP contribution in [-0.4, -0.2) is 19.1 Å². The second-order valence-electron chi connectivity index (χ2n) is 4.81. The lowest BCUT2D eigenvalue weighted by Crippen LogP contribution is -2.33. The monoisotopic (exact) mass is 305 g/mol. The molecule has 2 aromatic carbocycles. The van der Waals surface area contributed by atoms with Crippen molar-refractivity contribution in [2.75, 3.05) is 18.1 Å². The maximum atomic E-state index is 13.0. The van der Waals surface area contributed by atoms with Crippen molar-refractivity contribution in [3.05, 3.63) is 58.9 Å². The first-order valence-electron chi connectivity index (χ1n) is 6.60. The van der Waals surface area contributed by atoms with E-state index in [1.807, 2.05) is 12.1 Å². The van der Waals surface area contributed by atoms with Gasteiger partial charge in [-0.15, -0.1) is 0 Å². The summed E-state index contributed by atoms with van der Waals surface area (Å²) in [5.74, 6) is -0.194. The van der Waals surface area contributed by atoms with E-state index in [1.54, 1.807) is 23.1 Å². The number of rotatable bonds is 3. The molecule has 0 atom stereocenters. The van der Waals surface area contributed by atoms with Gasteiger partial charge in [0.15, 0.2) is 6.61 Å². The Hall–Kier alpha value is -2.07. The van der Waals surface area contributed by atoms with Crippen LogP contribution in [-0.2, 0) is 11.2 Å². The van der Waals surface area contributed by atoms with Gasteiger partial charge in [-0.1, -0.05) is 17.7 Å². The molecule has 21 heavy (non-hydrogen) atoms. The summed E-state index contributed by atoms with van der Waals surface area (Å²) in [6.45, 7) is 0.493. The molecule has 0 bridgehead atoms. The Balaban J connectivity index is 1.68. The van der Waals surface area contributed by atoms with Crippen LogP contribution in [0.3, 0.4) is 0 Å². The molecule has 3 nitrogen and oxygen atoms in total. The average Bonchev–Trinajstić information content (AvgIpc) is 2.88. The van der Waals surface area contributed by atoms with Crippen LogP contribution >= 0.6 is 11.6 Å². The number of nitrogens with zero attached hydrogens (tertiary/aromatic N) is 1. The van der Waals surface area contributed by atoms with Crippen molar-refractivity contribution in [3.8, 4) is 5.75 Å². The lowest BCUT2D eigenvalue weighted by atomic mass is 10.2. The first-order chi connectivity index (χ1) is 10.1. The smallest absolute Gasteiger partial charge is 0.264 e. The molecule has 3 rings (SSSR count). The van der Waals surface area contributed by atoms with Crippen molar-refractivity contribution >= 4 is 23.2 Å². The van der Waals surface area contributed by atoms with E-state index in [2.05, 4.69) is 0 Å². The Kier molecular flexibility index (Phi) is 3.80. The third-order valence-corrected chi connectivity index (χ3v) is 3.63. The summed E-state index contributed by atoms with van der Waals surface area (Å²) in [5.41, 5.74) is 1.92. The SMILES string of the molecule is O=C(COc1cccc(F)c1)N1CCc2cc(Cl)ccc21. The van der Waals surface area contributed by atoms with Crippen LogP contribution in [0.15, 0.2) is 42.5 Å². The largest absolute Gasteiger partial charge is 0.484 e. The summed E-state index contributed by atoms with van der Waals surface area (Å²) in [6.07, 6.45) is 0.779. The number of fused-ring (bicyclic) bond motifs is 1. The van der Waals surface area contributed by atoms with Gasteiger partial charge in [0.05, 0.1) is 0 Å². The van der Waals surface area contributed by atoms with Crippen LogP contribution in [0.2, 0.25) is 5.02 Å². The highest BCUT2D eigenvalue weighted by Crippen LogP contribution is 2.30. The van der Waals surface area contributed by atoms with E-state index < -0.39 is 0 Å². The number of halogens is 2. The number of anilines is 1. The molecule has 1 aliphatic heterocycles. The van der Waals surface area contributed by atoms with Gasteiger partial charge in [-0.25, -0.2) is 4.39 Å². The highest BCUT2D eigenvalue weighted by Gasteiger charge is 2.24. The molecular weight excluding hydrogens is 293 g/mol. The molecule has 0 aliphatic carbocycles. The minimum atomic E-state index is -0.388.